The second-order valence-electron chi connectivity index (χ2n) is 6.90. The van der Waals surface area contributed by atoms with Crippen molar-refractivity contribution in [1.29, 1.82) is 0 Å². The number of epoxide rings is 1. The maximum atomic E-state index is 11.2. The molecule has 1 heterocycles. The Morgan fingerprint density at radius 3 is 2.40 bits per heavy atom. The average molecular weight is 274 g/mol. The first kappa shape index (κ1) is 13.6. The molecule has 1 aromatic carbocycles. The lowest BCUT2D eigenvalue weighted by Gasteiger charge is -2.41. The number of carbonyl (C=O) groups is 1. The van der Waals surface area contributed by atoms with Gasteiger partial charge in [-0.3, -0.25) is 4.79 Å². The molecule has 108 valence electrons. The summed E-state index contributed by atoms with van der Waals surface area (Å²) in [6.45, 7) is 8.03. The van der Waals surface area contributed by atoms with Gasteiger partial charge in [0.2, 0.25) is 0 Å². The standard InChI is InChI=1S/C17H22O3/c1-12(18)19-14-10-15(2,3)17(16(4,11-14)20-17)13-8-6-5-7-9-13/h5-9,14H,10-11H2,1-4H3/t14-,16+,17-/m0/s1. The molecule has 2 aliphatic rings. The molecule has 0 radical (unpaired) electrons. The minimum Gasteiger partial charge on any atom is -0.462 e. The summed E-state index contributed by atoms with van der Waals surface area (Å²) < 4.78 is 11.7. The topological polar surface area (TPSA) is 38.8 Å². The Balaban J connectivity index is 1.95. The highest BCUT2D eigenvalue weighted by Gasteiger charge is 2.77. The van der Waals surface area contributed by atoms with Crippen LogP contribution in [0.3, 0.4) is 0 Å². The van der Waals surface area contributed by atoms with Gasteiger partial charge < -0.3 is 9.47 Å². The molecule has 0 amide bonds. The average Bonchev–Trinajstić information content (AvgIpc) is 2.97. The van der Waals surface area contributed by atoms with Crippen LogP contribution < -0.4 is 0 Å². The van der Waals surface area contributed by atoms with Crippen LogP contribution in [0.5, 0.6) is 0 Å². The molecule has 0 spiro atoms. The van der Waals surface area contributed by atoms with E-state index < -0.39 is 0 Å². The Labute approximate surface area is 120 Å². The van der Waals surface area contributed by atoms with Gasteiger partial charge in [0, 0.05) is 18.8 Å². The Kier molecular flexibility index (Phi) is 2.78. The van der Waals surface area contributed by atoms with E-state index in [4.69, 9.17) is 9.47 Å². The molecule has 0 aromatic heterocycles. The summed E-state index contributed by atoms with van der Waals surface area (Å²) in [6, 6.07) is 10.4. The fraction of sp³-hybridized carbons (Fsp3) is 0.588. The van der Waals surface area contributed by atoms with Crippen LogP contribution in [0, 0.1) is 5.41 Å². The van der Waals surface area contributed by atoms with Crippen LogP contribution in [0.15, 0.2) is 30.3 Å². The number of rotatable bonds is 2. The molecule has 3 nitrogen and oxygen atoms in total. The normalized spacial score (nSPS) is 37.9. The van der Waals surface area contributed by atoms with Crippen LogP contribution >= 0.6 is 0 Å². The van der Waals surface area contributed by atoms with Crippen molar-refractivity contribution in [1.82, 2.24) is 0 Å². The summed E-state index contributed by atoms with van der Waals surface area (Å²) in [5, 5.41) is 0. The van der Waals surface area contributed by atoms with Gasteiger partial charge in [-0.2, -0.15) is 0 Å². The zero-order chi connectivity index (χ0) is 14.6. The fourth-order valence-corrected chi connectivity index (χ4v) is 4.32. The van der Waals surface area contributed by atoms with Crippen molar-refractivity contribution in [3.63, 3.8) is 0 Å². The van der Waals surface area contributed by atoms with E-state index in [1.165, 1.54) is 12.5 Å². The SMILES string of the molecule is CC(=O)O[C@H]1CC(C)(C)[C@]2(c3ccccc3)O[C@]2(C)C1. The molecule has 2 fully saturated rings. The summed E-state index contributed by atoms with van der Waals surface area (Å²) >= 11 is 0. The quantitative estimate of drug-likeness (QED) is 0.612. The first-order valence-corrected chi connectivity index (χ1v) is 7.24. The summed E-state index contributed by atoms with van der Waals surface area (Å²) in [7, 11) is 0. The van der Waals surface area contributed by atoms with Gasteiger partial charge in [0.15, 0.2) is 0 Å². The van der Waals surface area contributed by atoms with E-state index >= 15 is 0 Å². The van der Waals surface area contributed by atoms with E-state index in [0.29, 0.717) is 0 Å². The molecule has 0 N–H and O–H groups in total. The van der Waals surface area contributed by atoms with Crippen molar-refractivity contribution in [2.24, 2.45) is 5.41 Å². The van der Waals surface area contributed by atoms with Crippen LogP contribution in [-0.2, 0) is 19.9 Å². The lowest BCUT2D eigenvalue weighted by molar-refractivity contribution is -0.150. The molecule has 3 rings (SSSR count). The van der Waals surface area contributed by atoms with Crippen LogP contribution in [-0.4, -0.2) is 17.7 Å². The largest absolute Gasteiger partial charge is 0.462 e. The number of ether oxygens (including phenoxy) is 2. The minimum absolute atomic E-state index is 0.0492. The zero-order valence-corrected chi connectivity index (χ0v) is 12.6. The number of benzene rings is 1. The fourth-order valence-electron chi connectivity index (χ4n) is 4.32. The lowest BCUT2D eigenvalue weighted by atomic mass is 9.60. The zero-order valence-electron chi connectivity index (χ0n) is 12.6. The number of hydrogen-bond acceptors (Lipinski definition) is 3. The number of hydrogen-bond donors (Lipinski definition) is 0. The molecular formula is C17H22O3. The van der Waals surface area contributed by atoms with Crippen LogP contribution in [0.2, 0.25) is 0 Å². The number of esters is 1. The van der Waals surface area contributed by atoms with Gasteiger partial charge in [0.1, 0.15) is 17.3 Å². The number of fused-ring (bicyclic) bond motifs is 1. The predicted octanol–water partition coefficient (Wildman–Crippen LogP) is 3.42. The first-order valence-electron chi connectivity index (χ1n) is 7.24. The van der Waals surface area contributed by atoms with Crippen molar-refractivity contribution < 1.29 is 14.3 Å². The molecule has 1 saturated carbocycles. The summed E-state index contributed by atoms with van der Waals surface area (Å²) in [5.74, 6) is -0.206. The molecule has 0 bridgehead atoms. The highest BCUT2D eigenvalue weighted by Crippen LogP contribution is 2.71. The second-order valence-corrected chi connectivity index (χ2v) is 6.90. The summed E-state index contributed by atoms with van der Waals surface area (Å²) in [6.07, 6.45) is 1.55. The third-order valence-corrected chi connectivity index (χ3v) is 4.90. The van der Waals surface area contributed by atoms with E-state index in [1.807, 2.05) is 6.07 Å². The Bertz CT molecular complexity index is 536. The second kappa shape index (κ2) is 4.08. The summed E-state index contributed by atoms with van der Waals surface area (Å²) in [5.41, 5.74) is 0.670. The molecule has 1 aromatic rings. The van der Waals surface area contributed by atoms with Crippen molar-refractivity contribution in [3.05, 3.63) is 35.9 Å². The Hall–Kier alpha value is -1.35. The molecule has 1 aliphatic carbocycles. The van der Waals surface area contributed by atoms with E-state index in [-0.39, 0.29) is 28.7 Å². The molecule has 0 unspecified atom stereocenters. The first-order chi connectivity index (χ1) is 9.31. The Morgan fingerprint density at radius 1 is 1.20 bits per heavy atom. The predicted molar refractivity (Wildman–Crippen MR) is 76.2 cm³/mol. The van der Waals surface area contributed by atoms with Crippen LogP contribution in [0.4, 0.5) is 0 Å². The minimum atomic E-state index is -0.252. The molecule has 20 heavy (non-hydrogen) atoms. The van der Waals surface area contributed by atoms with Crippen molar-refractivity contribution in [3.8, 4) is 0 Å². The van der Waals surface area contributed by atoms with Gasteiger partial charge in [-0.05, 0) is 18.9 Å². The van der Waals surface area contributed by atoms with E-state index in [2.05, 4.69) is 45.0 Å². The molecule has 3 atom stereocenters. The van der Waals surface area contributed by atoms with Crippen LogP contribution in [0.1, 0.15) is 46.1 Å². The van der Waals surface area contributed by atoms with E-state index in [9.17, 15) is 4.79 Å². The van der Waals surface area contributed by atoms with Gasteiger partial charge >= 0.3 is 5.97 Å². The van der Waals surface area contributed by atoms with E-state index in [0.717, 1.165) is 12.8 Å². The maximum absolute atomic E-state index is 11.2. The smallest absolute Gasteiger partial charge is 0.302 e. The molecule has 1 saturated heterocycles. The maximum Gasteiger partial charge on any atom is 0.302 e. The van der Waals surface area contributed by atoms with Crippen molar-refractivity contribution in [2.45, 2.75) is 57.8 Å². The third kappa shape index (κ3) is 1.72. The molecular weight excluding hydrogens is 252 g/mol. The van der Waals surface area contributed by atoms with Crippen LogP contribution in [0.25, 0.3) is 0 Å². The van der Waals surface area contributed by atoms with E-state index in [1.54, 1.807) is 0 Å². The lowest BCUT2D eigenvalue weighted by Crippen LogP contribution is -2.46. The monoisotopic (exact) mass is 274 g/mol. The molecule has 1 aliphatic heterocycles. The summed E-state index contributed by atoms with van der Waals surface area (Å²) in [4.78, 5) is 11.2. The third-order valence-electron chi connectivity index (χ3n) is 4.90. The number of carbonyl (C=O) groups excluding carboxylic acids is 1. The molecule has 3 heteroatoms. The van der Waals surface area contributed by atoms with Gasteiger partial charge in [-0.15, -0.1) is 0 Å². The van der Waals surface area contributed by atoms with Gasteiger partial charge in [0.25, 0.3) is 0 Å². The van der Waals surface area contributed by atoms with Gasteiger partial charge in [-0.25, -0.2) is 0 Å². The van der Waals surface area contributed by atoms with Gasteiger partial charge in [0.05, 0.1) is 0 Å². The van der Waals surface area contributed by atoms with Crippen molar-refractivity contribution >= 4 is 5.97 Å². The highest BCUT2D eigenvalue weighted by atomic mass is 16.6. The Morgan fingerprint density at radius 2 is 1.85 bits per heavy atom. The van der Waals surface area contributed by atoms with Crippen molar-refractivity contribution in [2.75, 3.05) is 0 Å². The van der Waals surface area contributed by atoms with Gasteiger partial charge in [-0.1, -0.05) is 44.2 Å². The highest BCUT2D eigenvalue weighted by molar-refractivity contribution is 5.66.